The Morgan fingerprint density at radius 1 is 0.976 bits per heavy atom. The molecule has 0 saturated carbocycles. The fourth-order valence-corrected chi connectivity index (χ4v) is 6.51. The number of nitro groups is 1. The largest absolute Gasteiger partial charge is 0.479 e. The van der Waals surface area contributed by atoms with Gasteiger partial charge in [0.05, 0.1) is 21.8 Å². The number of thiophene rings is 1. The molecule has 9 nitrogen and oxygen atoms in total. The Morgan fingerprint density at radius 2 is 1.68 bits per heavy atom. The lowest BCUT2D eigenvalue weighted by Crippen LogP contribution is -2.55. The van der Waals surface area contributed by atoms with Crippen LogP contribution in [-0.4, -0.2) is 38.3 Å². The molecular weight excluding hydrogens is 566 g/mol. The number of Topliss-reactive ketones (excluding diaryl/α,β-unsaturated/α-hetero) is 1. The number of carboxylic acids is 1. The SMILES string of the molecule is CC1(C(=O)O)C(c2ccc(Cl)cc2)C(C(=O)c2cccs2)C(c2cccc([N+](=O)[O-])c2)N1C(=O)Nc1ccccc1. The lowest BCUT2D eigenvalue weighted by Gasteiger charge is -2.37. The minimum absolute atomic E-state index is 0.250. The summed E-state index contributed by atoms with van der Waals surface area (Å²) in [5, 5.41) is 27.5. The molecule has 41 heavy (non-hydrogen) atoms. The van der Waals surface area contributed by atoms with Crippen LogP contribution in [0.3, 0.4) is 0 Å². The molecule has 2 amide bonds. The van der Waals surface area contributed by atoms with Crippen LogP contribution >= 0.6 is 22.9 Å². The van der Waals surface area contributed by atoms with Gasteiger partial charge in [0, 0.05) is 28.8 Å². The highest BCUT2D eigenvalue weighted by molar-refractivity contribution is 7.12. The second-order valence-corrected chi connectivity index (χ2v) is 11.2. The van der Waals surface area contributed by atoms with Gasteiger partial charge in [-0.2, -0.15) is 0 Å². The maximum atomic E-state index is 14.3. The highest BCUT2D eigenvalue weighted by atomic mass is 35.5. The molecule has 4 aromatic rings. The Bertz CT molecular complexity index is 1610. The summed E-state index contributed by atoms with van der Waals surface area (Å²) in [5.41, 5.74) is -1.04. The Kier molecular flexibility index (Phi) is 7.61. The molecule has 1 fully saturated rings. The van der Waals surface area contributed by atoms with Crippen molar-refractivity contribution < 1.29 is 24.4 Å². The number of amides is 2. The first kappa shape index (κ1) is 28.0. The number of anilines is 1. The minimum atomic E-state index is -1.96. The minimum Gasteiger partial charge on any atom is -0.479 e. The van der Waals surface area contributed by atoms with E-state index in [4.69, 9.17) is 11.6 Å². The first-order valence-electron chi connectivity index (χ1n) is 12.6. The fraction of sp³-hybridized carbons (Fsp3) is 0.167. The predicted molar refractivity (Wildman–Crippen MR) is 156 cm³/mol. The molecule has 1 aliphatic heterocycles. The molecule has 5 rings (SSSR count). The number of carbonyl (C=O) groups excluding carboxylic acids is 2. The molecule has 2 N–H and O–H groups in total. The first-order valence-corrected chi connectivity index (χ1v) is 13.8. The van der Waals surface area contributed by atoms with E-state index in [0.29, 0.717) is 21.2 Å². The van der Waals surface area contributed by atoms with Crippen molar-refractivity contribution in [2.45, 2.75) is 24.4 Å². The van der Waals surface area contributed by atoms with Gasteiger partial charge < -0.3 is 10.4 Å². The average molecular weight is 590 g/mol. The van der Waals surface area contributed by atoms with Crippen LogP contribution in [-0.2, 0) is 4.79 Å². The van der Waals surface area contributed by atoms with Crippen LogP contribution in [0.2, 0.25) is 5.02 Å². The van der Waals surface area contributed by atoms with Gasteiger partial charge >= 0.3 is 12.0 Å². The average Bonchev–Trinajstić information content (AvgIpc) is 3.59. The van der Waals surface area contributed by atoms with E-state index in [1.807, 2.05) is 0 Å². The third-order valence-corrected chi connectivity index (χ3v) is 8.62. The van der Waals surface area contributed by atoms with Crippen LogP contribution in [0.25, 0.3) is 0 Å². The van der Waals surface area contributed by atoms with Crippen molar-refractivity contribution in [3.63, 3.8) is 0 Å². The number of aliphatic carboxylic acids is 1. The highest BCUT2D eigenvalue weighted by Gasteiger charge is 2.65. The number of nitro benzene ring substituents is 1. The summed E-state index contributed by atoms with van der Waals surface area (Å²) in [6, 6.07) is 22.0. The standard InChI is InChI=1S/C30H24ClN3O6S/c1-30(28(36)37)25(18-12-14-20(31)15-13-18)24(27(35)23-11-6-16-41-23)26(19-7-5-10-22(17-19)34(39)40)33(30)29(38)32-21-8-3-2-4-9-21/h2-17,24-26H,1H3,(H,32,38)(H,36,37). The van der Waals surface area contributed by atoms with E-state index in [2.05, 4.69) is 5.32 Å². The summed E-state index contributed by atoms with van der Waals surface area (Å²) < 4.78 is 0. The van der Waals surface area contributed by atoms with Crippen LogP contribution in [0.5, 0.6) is 0 Å². The van der Waals surface area contributed by atoms with Crippen molar-refractivity contribution >= 4 is 52.1 Å². The monoisotopic (exact) mass is 589 g/mol. The number of ketones is 1. The number of carboxylic acid groups (broad SMARTS) is 1. The van der Waals surface area contributed by atoms with Gasteiger partial charge in [-0.15, -0.1) is 11.3 Å². The highest BCUT2D eigenvalue weighted by Crippen LogP contribution is 2.57. The zero-order valence-corrected chi connectivity index (χ0v) is 23.2. The van der Waals surface area contributed by atoms with E-state index in [-0.39, 0.29) is 17.0 Å². The summed E-state index contributed by atoms with van der Waals surface area (Å²) in [6.45, 7) is 1.41. The third-order valence-electron chi connectivity index (χ3n) is 7.48. The number of urea groups is 1. The van der Waals surface area contributed by atoms with Gasteiger partial charge in [0.1, 0.15) is 5.54 Å². The van der Waals surface area contributed by atoms with E-state index in [1.54, 1.807) is 78.2 Å². The molecule has 0 radical (unpaired) electrons. The number of non-ortho nitro benzene ring substituents is 1. The number of hydrogen-bond acceptors (Lipinski definition) is 6. The Morgan fingerprint density at radius 3 is 2.29 bits per heavy atom. The zero-order chi connectivity index (χ0) is 29.3. The number of likely N-dealkylation sites (tertiary alicyclic amines) is 1. The molecule has 208 valence electrons. The number of hydrogen-bond donors (Lipinski definition) is 2. The van der Waals surface area contributed by atoms with Crippen molar-refractivity contribution in [2.75, 3.05) is 5.32 Å². The summed E-state index contributed by atoms with van der Waals surface area (Å²) in [6.07, 6.45) is 0. The van der Waals surface area contributed by atoms with Crippen molar-refractivity contribution in [3.8, 4) is 0 Å². The molecule has 3 aromatic carbocycles. The normalized spacial score (nSPS) is 21.8. The zero-order valence-electron chi connectivity index (χ0n) is 21.6. The molecule has 1 saturated heterocycles. The molecule has 0 bridgehead atoms. The Balaban J connectivity index is 1.79. The number of halogens is 1. The third kappa shape index (κ3) is 5.07. The van der Waals surface area contributed by atoms with Gasteiger partial charge in [-0.3, -0.25) is 19.8 Å². The summed E-state index contributed by atoms with van der Waals surface area (Å²) in [5.74, 6) is -3.87. The summed E-state index contributed by atoms with van der Waals surface area (Å²) in [7, 11) is 0. The summed E-state index contributed by atoms with van der Waals surface area (Å²) in [4.78, 5) is 54.4. The van der Waals surface area contributed by atoms with Gasteiger partial charge in [-0.05, 0) is 53.8 Å². The summed E-state index contributed by atoms with van der Waals surface area (Å²) >= 11 is 7.35. The lowest BCUT2D eigenvalue weighted by molar-refractivity contribution is -0.385. The van der Waals surface area contributed by atoms with Crippen molar-refractivity contribution in [1.82, 2.24) is 4.90 Å². The van der Waals surface area contributed by atoms with Crippen LogP contribution in [0.1, 0.15) is 39.7 Å². The number of nitrogens with zero attached hydrogens (tertiary/aromatic N) is 2. The number of carbonyl (C=O) groups is 3. The van der Waals surface area contributed by atoms with Gasteiger partial charge in [0.15, 0.2) is 5.78 Å². The molecule has 0 spiro atoms. The molecule has 1 aliphatic rings. The van der Waals surface area contributed by atoms with Crippen LogP contribution in [0, 0.1) is 16.0 Å². The van der Waals surface area contributed by atoms with Crippen LogP contribution in [0.4, 0.5) is 16.2 Å². The first-order chi connectivity index (χ1) is 19.6. The molecule has 4 unspecified atom stereocenters. The van der Waals surface area contributed by atoms with E-state index in [0.717, 1.165) is 4.90 Å². The quantitative estimate of drug-likeness (QED) is 0.135. The Hall–Kier alpha value is -4.54. The van der Waals surface area contributed by atoms with Crippen LogP contribution in [0.15, 0.2) is 96.4 Å². The van der Waals surface area contributed by atoms with E-state index >= 15 is 0 Å². The van der Waals surface area contributed by atoms with E-state index < -0.39 is 40.3 Å². The van der Waals surface area contributed by atoms with Crippen LogP contribution < -0.4 is 5.32 Å². The molecule has 4 atom stereocenters. The smallest absolute Gasteiger partial charge is 0.330 e. The van der Waals surface area contributed by atoms with Crippen molar-refractivity contribution in [2.24, 2.45) is 5.92 Å². The fourth-order valence-electron chi connectivity index (χ4n) is 5.67. The number of benzene rings is 3. The molecule has 11 heteroatoms. The van der Waals surface area contributed by atoms with Crippen molar-refractivity contribution in [3.05, 3.63) is 128 Å². The number of nitrogens with one attached hydrogen (secondary N) is 1. The molecular formula is C30H24ClN3O6S. The number of rotatable bonds is 7. The maximum absolute atomic E-state index is 14.3. The van der Waals surface area contributed by atoms with Crippen molar-refractivity contribution in [1.29, 1.82) is 0 Å². The van der Waals surface area contributed by atoms with Gasteiger partial charge in [0.25, 0.3) is 5.69 Å². The lowest BCUT2D eigenvalue weighted by atomic mass is 9.72. The van der Waals surface area contributed by atoms with Gasteiger partial charge in [-0.25, -0.2) is 9.59 Å². The second-order valence-electron chi connectivity index (χ2n) is 9.81. The number of para-hydroxylation sites is 1. The Labute approximate surface area is 244 Å². The topological polar surface area (TPSA) is 130 Å². The van der Waals surface area contributed by atoms with E-state index in [9.17, 15) is 29.6 Å². The van der Waals surface area contributed by atoms with E-state index in [1.165, 1.54) is 36.5 Å². The molecule has 0 aliphatic carbocycles. The molecule has 1 aromatic heterocycles. The second kappa shape index (κ2) is 11.1. The predicted octanol–water partition coefficient (Wildman–Crippen LogP) is 7.02. The van der Waals surface area contributed by atoms with Gasteiger partial charge in [0.2, 0.25) is 0 Å². The molecule has 2 heterocycles. The maximum Gasteiger partial charge on any atom is 0.330 e. The van der Waals surface area contributed by atoms with Gasteiger partial charge in [-0.1, -0.05) is 60.1 Å².